The normalized spacial score (nSPS) is 41.0. The van der Waals surface area contributed by atoms with E-state index in [1.54, 1.807) is 0 Å². The van der Waals surface area contributed by atoms with Gasteiger partial charge in [0.15, 0.2) is 0 Å². The van der Waals surface area contributed by atoms with Crippen molar-refractivity contribution in [1.29, 1.82) is 0 Å². The standard InChI is InChI=1S/C16H29N3O/c1-3-16(7-4-8-18-16)15(20)17-11-12-9-13-5-6-14(10-12)19(13)2/h12-14,18H,3-11H2,1-2H3,(H,17,20). The van der Waals surface area contributed by atoms with Crippen molar-refractivity contribution in [3.63, 3.8) is 0 Å². The number of carbonyl (C=O) groups is 1. The van der Waals surface area contributed by atoms with E-state index < -0.39 is 0 Å². The van der Waals surface area contributed by atoms with Gasteiger partial charge in [-0.15, -0.1) is 0 Å². The highest BCUT2D eigenvalue weighted by Gasteiger charge is 2.41. The average Bonchev–Trinajstić information content (AvgIpc) is 3.00. The van der Waals surface area contributed by atoms with E-state index in [4.69, 9.17) is 0 Å². The first kappa shape index (κ1) is 14.3. The van der Waals surface area contributed by atoms with Crippen LogP contribution in [0.1, 0.15) is 51.9 Å². The summed E-state index contributed by atoms with van der Waals surface area (Å²) in [5.74, 6) is 0.923. The number of rotatable bonds is 4. The van der Waals surface area contributed by atoms with Crippen LogP contribution in [0.5, 0.6) is 0 Å². The summed E-state index contributed by atoms with van der Waals surface area (Å²) in [5, 5.41) is 6.67. The van der Waals surface area contributed by atoms with Crippen molar-refractivity contribution in [2.45, 2.75) is 69.5 Å². The van der Waals surface area contributed by atoms with Gasteiger partial charge in [0.25, 0.3) is 0 Å². The first-order chi connectivity index (χ1) is 9.64. The van der Waals surface area contributed by atoms with Gasteiger partial charge in [-0.2, -0.15) is 0 Å². The zero-order chi connectivity index (χ0) is 14.2. The second kappa shape index (κ2) is 5.64. The van der Waals surface area contributed by atoms with Crippen LogP contribution in [0.2, 0.25) is 0 Å². The number of amides is 1. The molecule has 2 bridgehead atoms. The van der Waals surface area contributed by atoms with Crippen molar-refractivity contribution in [3.8, 4) is 0 Å². The maximum Gasteiger partial charge on any atom is 0.240 e. The minimum absolute atomic E-state index is 0.240. The fourth-order valence-electron chi connectivity index (χ4n) is 4.56. The number of hydrogen-bond donors (Lipinski definition) is 2. The van der Waals surface area contributed by atoms with E-state index in [0.717, 1.165) is 44.4 Å². The van der Waals surface area contributed by atoms with Gasteiger partial charge in [0.1, 0.15) is 0 Å². The van der Waals surface area contributed by atoms with E-state index in [9.17, 15) is 4.79 Å². The molecule has 0 aromatic rings. The Kier molecular flexibility index (Phi) is 4.04. The summed E-state index contributed by atoms with van der Waals surface area (Å²) in [4.78, 5) is 15.1. The van der Waals surface area contributed by atoms with E-state index >= 15 is 0 Å². The minimum Gasteiger partial charge on any atom is -0.354 e. The van der Waals surface area contributed by atoms with Crippen LogP contribution in [0.4, 0.5) is 0 Å². The molecule has 2 N–H and O–H groups in total. The number of hydrogen-bond acceptors (Lipinski definition) is 3. The molecule has 3 saturated heterocycles. The van der Waals surface area contributed by atoms with E-state index in [0.29, 0.717) is 5.92 Å². The Labute approximate surface area is 122 Å². The van der Waals surface area contributed by atoms with Crippen LogP contribution in [-0.2, 0) is 4.79 Å². The highest BCUT2D eigenvalue weighted by atomic mass is 16.2. The molecule has 3 rings (SSSR count). The molecule has 3 heterocycles. The SMILES string of the molecule is CCC1(C(=O)NCC2CC3CCC(C2)N3C)CCCN1. The molecule has 3 aliphatic rings. The van der Waals surface area contributed by atoms with Crippen LogP contribution in [-0.4, -0.2) is 48.6 Å². The van der Waals surface area contributed by atoms with Gasteiger partial charge in [0.2, 0.25) is 5.91 Å². The van der Waals surface area contributed by atoms with Gasteiger partial charge in [-0.3, -0.25) is 4.79 Å². The molecule has 3 atom stereocenters. The molecule has 4 heteroatoms. The van der Waals surface area contributed by atoms with Crippen LogP contribution in [0.15, 0.2) is 0 Å². The monoisotopic (exact) mass is 279 g/mol. The summed E-state index contributed by atoms with van der Waals surface area (Å²) in [7, 11) is 2.27. The molecule has 1 amide bonds. The lowest BCUT2D eigenvalue weighted by Gasteiger charge is -2.37. The van der Waals surface area contributed by atoms with Crippen molar-refractivity contribution in [1.82, 2.24) is 15.5 Å². The summed E-state index contributed by atoms with van der Waals surface area (Å²) in [5.41, 5.74) is -0.273. The summed E-state index contributed by atoms with van der Waals surface area (Å²) < 4.78 is 0. The Morgan fingerprint density at radius 2 is 2.05 bits per heavy atom. The predicted molar refractivity (Wildman–Crippen MR) is 80.6 cm³/mol. The predicted octanol–water partition coefficient (Wildman–Crippen LogP) is 1.51. The fraction of sp³-hybridized carbons (Fsp3) is 0.938. The molecule has 0 radical (unpaired) electrons. The van der Waals surface area contributed by atoms with Crippen LogP contribution in [0.25, 0.3) is 0 Å². The lowest BCUT2D eigenvalue weighted by Crippen LogP contribution is -2.54. The van der Waals surface area contributed by atoms with E-state index in [-0.39, 0.29) is 11.4 Å². The van der Waals surface area contributed by atoms with Crippen molar-refractivity contribution in [2.75, 3.05) is 20.1 Å². The largest absolute Gasteiger partial charge is 0.354 e. The molecule has 0 aromatic heterocycles. The summed E-state index contributed by atoms with van der Waals surface area (Å²) in [6.45, 7) is 3.98. The molecule has 114 valence electrons. The third kappa shape index (κ3) is 2.48. The first-order valence-electron chi connectivity index (χ1n) is 8.40. The number of fused-ring (bicyclic) bond motifs is 2. The maximum absolute atomic E-state index is 12.5. The molecular weight excluding hydrogens is 250 g/mol. The summed E-state index contributed by atoms with van der Waals surface area (Å²) in [6.07, 6.45) is 8.25. The number of nitrogens with zero attached hydrogens (tertiary/aromatic N) is 1. The minimum atomic E-state index is -0.273. The number of nitrogens with one attached hydrogen (secondary N) is 2. The lowest BCUT2D eigenvalue weighted by atomic mass is 9.89. The summed E-state index contributed by atoms with van der Waals surface area (Å²) >= 11 is 0. The molecular formula is C16H29N3O. The lowest BCUT2D eigenvalue weighted by molar-refractivity contribution is -0.127. The van der Waals surface area contributed by atoms with Gasteiger partial charge in [-0.05, 0) is 64.5 Å². The molecule has 20 heavy (non-hydrogen) atoms. The van der Waals surface area contributed by atoms with Crippen molar-refractivity contribution < 1.29 is 4.79 Å². The van der Waals surface area contributed by atoms with E-state index in [2.05, 4.69) is 29.5 Å². The zero-order valence-corrected chi connectivity index (χ0v) is 13.0. The maximum atomic E-state index is 12.5. The zero-order valence-electron chi connectivity index (χ0n) is 13.0. The van der Waals surface area contributed by atoms with Gasteiger partial charge in [-0.25, -0.2) is 0 Å². The fourth-order valence-corrected chi connectivity index (χ4v) is 4.56. The smallest absolute Gasteiger partial charge is 0.240 e. The molecule has 0 saturated carbocycles. The topological polar surface area (TPSA) is 44.4 Å². The van der Waals surface area contributed by atoms with Gasteiger partial charge in [-0.1, -0.05) is 6.92 Å². The van der Waals surface area contributed by atoms with Crippen molar-refractivity contribution in [2.24, 2.45) is 5.92 Å². The van der Waals surface area contributed by atoms with E-state index in [1.807, 2.05) is 0 Å². The average molecular weight is 279 g/mol. The second-order valence-electron chi connectivity index (χ2n) is 7.06. The second-order valence-corrected chi connectivity index (χ2v) is 7.06. The number of piperidine rings is 1. The van der Waals surface area contributed by atoms with Crippen LogP contribution in [0.3, 0.4) is 0 Å². The first-order valence-corrected chi connectivity index (χ1v) is 8.40. The Hall–Kier alpha value is -0.610. The van der Waals surface area contributed by atoms with Crippen LogP contribution >= 0.6 is 0 Å². The quantitative estimate of drug-likeness (QED) is 0.820. The van der Waals surface area contributed by atoms with Gasteiger partial charge < -0.3 is 15.5 Å². The molecule has 0 aliphatic carbocycles. The van der Waals surface area contributed by atoms with Crippen molar-refractivity contribution in [3.05, 3.63) is 0 Å². The highest BCUT2D eigenvalue weighted by Crippen LogP contribution is 2.37. The number of carbonyl (C=O) groups excluding carboxylic acids is 1. The Bertz CT molecular complexity index is 351. The van der Waals surface area contributed by atoms with Crippen LogP contribution in [0, 0.1) is 5.92 Å². The molecule has 3 aliphatic heterocycles. The van der Waals surface area contributed by atoms with Gasteiger partial charge in [0, 0.05) is 18.6 Å². The Balaban J connectivity index is 1.51. The molecule has 4 nitrogen and oxygen atoms in total. The third-order valence-corrected chi connectivity index (χ3v) is 6.03. The Morgan fingerprint density at radius 3 is 2.60 bits per heavy atom. The Morgan fingerprint density at radius 1 is 1.35 bits per heavy atom. The highest BCUT2D eigenvalue weighted by molar-refractivity contribution is 5.86. The van der Waals surface area contributed by atoms with Crippen LogP contribution < -0.4 is 10.6 Å². The van der Waals surface area contributed by atoms with Gasteiger partial charge in [0.05, 0.1) is 5.54 Å². The van der Waals surface area contributed by atoms with Gasteiger partial charge >= 0.3 is 0 Å². The van der Waals surface area contributed by atoms with Crippen molar-refractivity contribution >= 4 is 5.91 Å². The summed E-state index contributed by atoms with van der Waals surface area (Å²) in [6, 6.07) is 1.53. The molecule has 0 spiro atoms. The third-order valence-electron chi connectivity index (χ3n) is 6.03. The molecule has 3 unspecified atom stereocenters. The molecule has 0 aromatic carbocycles. The van der Waals surface area contributed by atoms with E-state index in [1.165, 1.54) is 25.7 Å². The molecule has 3 fully saturated rings.